The number of carbonyl (C=O) groups is 1. The minimum absolute atomic E-state index is 0.0302. The lowest BCUT2D eigenvalue weighted by Crippen LogP contribution is -2.39. The highest BCUT2D eigenvalue weighted by Gasteiger charge is 2.49. The van der Waals surface area contributed by atoms with Crippen molar-refractivity contribution >= 4 is 23.5 Å². The molecule has 1 fully saturated rings. The van der Waals surface area contributed by atoms with Crippen LogP contribution in [-0.2, 0) is 10.2 Å². The number of nitrogens with zero attached hydrogens (tertiary/aromatic N) is 2. The monoisotopic (exact) mass is 308 g/mol. The van der Waals surface area contributed by atoms with Crippen molar-refractivity contribution in [3.05, 3.63) is 22.8 Å². The van der Waals surface area contributed by atoms with Crippen LogP contribution in [0.15, 0.2) is 12.3 Å². The summed E-state index contributed by atoms with van der Waals surface area (Å²) in [7, 11) is 0. The fraction of sp³-hybridized carbons (Fsp3) is 0.625. The summed E-state index contributed by atoms with van der Waals surface area (Å²) in [5.41, 5.74) is 0.494. The molecule has 3 rings (SSSR count). The van der Waals surface area contributed by atoms with Crippen molar-refractivity contribution < 1.29 is 9.53 Å². The molecule has 1 aliphatic heterocycles. The summed E-state index contributed by atoms with van der Waals surface area (Å²) in [5.74, 6) is 0.679. The van der Waals surface area contributed by atoms with Gasteiger partial charge >= 0.3 is 6.09 Å². The molecule has 2 aliphatic rings. The number of rotatable bonds is 0. The summed E-state index contributed by atoms with van der Waals surface area (Å²) >= 11 is 6.42. The van der Waals surface area contributed by atoms with Crippen molar-refractivity contribution in [1.29, 1.82) is 0 Å². The van der Waals surface area contributed by atoms with Crippen LogP contribution in [0.2, 0.25) is 5.02 Å². The fourth-order valence-corrected chi connectivity index (χ4v) is 3.85. The maximum Gasteiger partial charge on any atom is 0.416 e. The average Bonchev–Trinajstić information content (AvgIpc) is 2.95. The Hall–Kier alpha value is -1.29. The van der Waals surface area contributed by atoms with Gasteiger partial charge in [0.05, 0.1) is 0 Å². The molecule has 0 saturated heterocycles. The molecular weight excluding hydrogens is 288 g/mol. The molecule has 0 unspecified atom stereocenters. The van der Waals surface area contributed by atoms with E-state index in [4.69, 9.17) is 16.3 Å². The van der Waals surface area contributed by atoms with Crippen LogP contribution < -0.4 is 4.90 Å². The van der Waals surface area contributed by atoms with Gasteiger partial charge in [-0.25, -0.2) is 9.78 Å². The molecule has 4 nitrogen and oxygen atoms in total. The smallest absolute Gasteiger partial charge is 0.416 e. The second kappa shape index (κ2) is 4.87. The van der Waals surface area contributed by atoms with Crippen molar-refractivity contribution in [3.63, 3.8) is 0 Å². The molecule has 0 radical (unpaired) electrons. The van der Waals surface area contributed by atoms with Gasteiger partial charge in [0.25, 0.3) is 0 Å². The summed E-state index contributed by atoms with van der Waals surface area (Å²) in [6.45, 7) is 6.25. The molecule has 2 heterocycles. The second-order valence-corrected chi connectivity index (χ2v) is 7.45. The van der Waals surface area contributed by atoms with E-state index in [0.717, 1.165) is 18.4 Å². The summed E-state index contributed by atoms with van der Waals surface area (Å²) in [5, 5.41) is 0.716. The molecule has 1 aromatic heterocycles. The quantitative estimate of drug-likeness (QED) is 0.717. The van der Waals surface area contributed by atoms with E-state index in [9.17, 15) is 4.79 Å². The Balaban J connectivity index is 1.99. The van der Waals surface area contributed by atoms with Crippen LogP contribution in [0.5, 0.6) is 0 Å². The van der Waals surface area contributed by atoms with Gasteiger partial charge < -0.3 is 4.74 Å². The van der Waals surface area contributed by atoms with Crippen LogP contribution in [0.1, 0.15) is 52.0 Å². The first-order chi connectivity index (χ1) is 9.82. The van der Waals surface area contributed by atoms with Gasteiger partial charge in [0.15, 0.2) is 0 Å². The molecule has 114 valence electrons. The van der Waals surface area contributed by atoms with Gasteiger partial charge in [0.2, 0.25) is 0 Å². The van der Waals surface area contributed by atoms with E-state index in [-0.39, 0.29) is 11.5 Å². The molecule has 0 N–H and O–H groups in total. The molecule has 0 aromatic carbocycles. The molecular formula is C16H21ClN2O2. The number of halogens is 1. The van der Waals surface area contributed by atoms with Gasteiger partial charge in [-0.15, -0.1) is 0 Å². The van der Waals surface area contributed by atoms with Crippen LogP contribution >= 0.6 is 11.6 Å². The summed E-state index contributed by atoms with van der Waals surface area (Å²) < 4.78 is 5.53. The number of hydrogen-bond donors (Lipinski definition) is 0. The number of aromatic nitrogens is 1. The van der Waals surface area contributed by atoms with Crippen molar-refractivity contribution in [2.24, 2.45) is 0 Å². The first-order valence-corrected chi connectivity index (χ1v) is 7.86. The number of carbonyl (C=O) groups excluding carboxylic acids is 1. The van der Waals surface area contributed by atoms with Gasteiger partial charge in [0, 0.05) is 28.7 Å². The first kappa shape index (κ1) is 14.6. The van der Waals surface area contributed by atoms with Crippen LogP contribution in [-0.4, -0.2) is 23.2 Å². The summed E-state index contributed by atoms with van der Waals surface area (Å²) in [6, 6.07) is 1.82. The Morgan fingerprint density at radius 3 is 2.67 bits per heavy atom. The fourth-order valence-electron chi connectivity index (χ4n) is 3.51. The first-order valence-electron chi connectivity index (χ1n) is 7.48. The molecule has 1 saturated carbocycles. The van der Waals surface area contributed by atoms with E-state index in [1.807, 2.05) is 26.8 Å². The van der Waals surface area contributed by atoms with Gasteiger partial charge in [0.1, 0.15) is 11.4 Å². The second-order valence-electron chi connectivity index (χ2n) is 7.05. The Bertz CT molecular complexity index is 574. The van der Waals surface area contributed by atoms with Gasteiger partial charge in [-0.1, -0.05) is 24.4 Å². The molecule has 1 amide bonds. The number of pyridine rings is 1. The van der Waals surface area contributed by atoms with Crippen LogP contribution in [0.25, 0.3) is 0 Å². The molecule has 0 bridgehead atoms. The predicted octanol–water partition coefficient (Wildman–Crippen LogP) is 4.30. The molecule has 21 heavy (non-hydrogen) atoms. The topological polar surface area (TPSA) is 42.4 Å². The standard InChI is InChI=1S/C16H21ClN2O2/c1-15(2,3)21-14(20)19-10-16(7-4-5-8-16)12-11(17)6-9-18-13(12)19/h6,9H,4-5,7-8,10H2,1-3H3. The van der Waals surface area contributed by atoms with Gasteiger partial charge in [-0.3, -0.25) is 4.90 Å². The number of anilines is 1. The minimum atomic E-state index is -0.513. The lowest BCUT2D eigenvalue weighted by Gasteiger charge is -2.27. The zero-order valence-corrected chi connectivity index (χ0v) is 13.5. The van der Waals surface area contributed by atoms with E-state index in [2.05, 4.69) is 4.98 Å². The molecule has 1 aromatic rings. The molecule has 0 atom stereocenters. The van der Waals surface area contributed by atoms with Crippen LogP contribution in [0, 0.1) is 0 Å². The highest BCUT2D eigenvalue weighted by molar-refractivity contribution is 6.32. The van der Waals surface area contributed by atoms with Crippen molar-refractivity contribution in [3.8, 4) is 0 Å². The minimum Gasteiger partial charge on any atom is -0.443 e. The van der Waals surface area contributed by atoms with Gasteiger partial charge in [-0.2, -0.15) is 0 Å². The lowest BCUT2D eigenvalue weighted by atomic mass is 9.81. The van der Waals surface area contributed by atoms with Crippen molar-refractivity contribution in [1.82, 2.24) is 4.98 Å². The lowest BCUT2D eigenvalue weighted by molar-refractivity contribution is 0.0577. The van der Waals surface area contributed by atoms with Crippen LogP contribution in [0.4, 0.5) is 10.6 Å². The third-order valence-corrected chi connectivity index (χ3v) is 4.62. The van der Waals surface area contributed by atoms with Crippen molar-refractivity contribution in [2.75, 3.05) is 11.4 Å². The van der Waals surface area contributed by atoms with Gasteiger partial charge in [-0.05, 0) is 39.7 Å². The van der Waals surface area contributed by atoms with E-state index in [1.54, 1.807) is 11.1 Å². The number of hydrogen-bond acceptors (Lipinski definition) is 3. The Labute approximate surface area is 130 Å². The summed E-state index contributed by atoms with van der Waals surface area (Å²) in [4.78, 5) is 18.6. The highest BCUT2D eigenvalue weighted by Crippen LogP contribution is 2.52. The predicted molar refractivity (Wildman–Crippen MR) is 83.0 cm³/mol. The zero-order chi connectivity index (χ0) is 15.3. The van der Waals surface area contributed by atoms with E-state index in [1.165, 1.54) is 12.8 Å². The maximum absolute atomic E-state index is 12.5. The Morgan fingerprint density at radius 1 is 1.38 bits per heavy atom. The maximum atomic E-state index is 12.5. The normalized spacial score (nSPS) is 19.9. The zero-order valence-electron chi connectivity index (χ0n) is 12.8. The SMILES string of the molecule is CC(C)(C)OC(=O)N1CC2(CCCC2)c2c(Cl)ccnc21. The third kappa shape index (κ3) is 2.50. The largest absolute Gasteiger partial charge is 0.443 e. The Kier molecular flexibility index (Phi) is 3.40. The average molecular weight is 309 g/mol. The number of ether oxygens (including phenoxy) is 1. The van der Waals surface area contributed by atoms with Crippen LogP contribution in [0.3, 0.4) is 0 Å². The van der Waals surface area contributed by atoms with E-state index in [0.29, 0.717) is 17.4 Å². The van der Waals surface area contributed by atoms with E-state index >= 15 is 0 Å². The molecule has 1 aliphatic carbocycles. The number of fused-ring (bicyclic) bond motifs is 2. The third-order valence-electron chi connectivity index (χ3n) is 4.30. The number of amides is 1. The summed E-state index contributed by atoms with van der Waals surface area (Å²) in [6.07, 6.45) is 5.80. The highest BCUT2D eigenvalue weighted by atomic mass is 35.5. The van der Waals surface area contributed by atoms with Crippen molar-refractivity contribution in [2.45, 2.75) is 57.5 Å². The Morgan fingerprint density at radius 2 is 2.05 bits per heavy atom. The molecule has 5 heteroatoms. The van der Waals surface area contributed by atoms with E-state index < -0.39 is 5.60 Å². The molecule has 1 spiro atoms.